The van der Waals surface area contributed by atoms with Gasteiger partial charge in [-0.1, -0.05) is 47.6 Å². The summed E-state index contributed by atoms with van der Waals surface area (Å²) in [6.45, 7) is 0. The monoisotopic (exact) mass is 287 g/mol. The van der Waals surface area contributed by atoms with E-state index in [0.29, 0.717) is 5.02 Å². The number of rotatable bonds is 2. The van der Waals surface area contributed by atoms with Gasteiger partial charge in [-0.05, 0) is 29.7 Å². The zero-order valence-corrected chi connectivity index (χ0v) is 11.4. The van der Waals surface area contributed by atoms with E-state index in [4.69, 9.17) is 11.6 Å². The summed E-state index contributed by atoms with van der Waals surface area (Å²) in [5, 5.41) is 13.1. The number of hydrogen-bond donors (Lipinski definition) is 1. The quantitative estimate of drug-likeness (QED) is 0.739. The van der Waals surface area contributed by atoms with Gasteiger partial charge in [-0.15, -0.1) is 0 Å². The fourth-order valence-corrected chi connectivity index (χ4v) is 3.04. The molecule has 0 saturated heterocycles. The summed E-state index contributed by atoms with van der Waals surface area (Å²) < 4.78 is 0. The lowest BCUT2D eigenvalue weighted by Crippen LogP contribution is -1.83. The van der Waals surface area contributed by atoms with Crippen molar-refractivity contribution in [2.75, 3.05) is 0 Å². The number of phenols is 1. The van der Waals surface area contributed by atoms with Crippen LogP contribution in [0.4, 0.5) is 0 Å². The van der Waals surface area contributed by atoms with Gasteiger partial charge in [-0.3, -0.25) is 0 Å². The van der Waals surface area contributed by atoms with Crippen molar-refractivity contribution < 1.29 is 5.11 Å². The van der Waals surface area contributed by atoms with E-state index in [1.165, 1.54) is 11.8 Å². The Kier molecular flexibility index (Phi) is 3.32. The van der Waals surface area contributed by atoms with E-state index >= 15 is 0 Å². The molecule has 0 amide bonds. The Hall–Kier alpha value is -1.71. The summed E-state index contributed by atoms with van der Waals surface area (Å²) in [7, 11) is 0. The van der Waals surface area contributed by atoms with Crippen molar-refractivity contribution in [2.24, 2.45) is 0 Å². The van der Waals surface area contributed by atoms with Crippen molar-refractivity contribution in [1.82, 2.24) is 4.98 Å². The molecule has 0 radical (unpaired) electrons. The van der Waals surface area contributed by atoms with Gasteiger partial charge in [0.25, 0.3) is 0 Å². The topological polar surface area (TPSA) is 33.1 Å². The number of aromatic hydroxyl groups is 1. The number of phenolic OH excluding ortho intramolecular Hbond substituents is 1. The fraction of sp³-hybridized carbons (Fsp3) is 0. The summed E-state index contributed by atoms with van der Waals surface area (Å²) >= 11 is 7.62. The molecule has 0 saturated carbocycles. The van der Waals surface area contributed by atoms with Crippen LogP contribution in [0.25, 0.3) is 10.8 Å². The average Bonchev–Trinajstić information content (AvgIpc) is 2.44. The van der Waals surface area contributed by atoms with Gasteiger partial charge in [-0.25, -0.2) is 4.98 Å². The van der Waals surface area contributed by atoms with E-state index in [-0.39, 0.29) is 5.75 Å². The molecular formula is C15H10ClNOS. The van der Waals surface area contributed by atoms with Gasteiger partial charge in [0.05, 0.1) is 5.02 Å². The molecule has 0 unspecified atom stereocenters. The number of aromatic nitrogens is 1. The minimum absolute atomic E-state index is 0.284. The Labute approximate surface area is 120 Å². The number of benzene rings is 2. The van der Waals surface area contributed by atoms with Crippen LogP contribution in [0, 0.1) is 0 Å². The smallest absolute Gasteiger partial charge is 0.123 e. The predicted molar refractivity (Wildman–Crippen MR) is 79.0 cm³/mol. The Morgan fingerprint density at radius 2 is 1.74 bits per heavy atom. The Balaban J connectivity index is 2.12. The molecule has 1 aromatic heterocycles. The van der Waals surface area contributed by atoms with E-state index < -0.39 is 0 Å². The van der Waals surface area contributed by atoms with Gasteiger partial charge in [0, 0.05) is 16.5 Å². The molecule has 1 heterocycles. The number of pyridine rings is 1. The lowest BCUT2D eigenvalue weighted by molar-refractivity contribution is 0.481. The first-order chi connectivity index (χ1) is 9.25. The normalized spacial score (nSPS) is 10.8. The molecule has 0 aliphatic carbocycles. The first-order valence-corrected chi connectivity index (χ1v) is 6.94. The third-order valence-corrected chi connectivity index (χ3v) is 4.30. The van der Waals surface area contributed by atoms with Crippen LogP contribution in [0.2, 0.25) is 5.02 Å². The molecule has 1 N–H and O–H groups in total. The standard InChI is InChI=1S/C15H10ClNOS/c16-12-6-3-9-17-15(12)19-14-8-7-13(18)10-4-1-2-5-11(10)14/h1-9,18H. The lowest BCUT2D eigenvalue weighted by atomic mass is 10.1. The summed E-state index contributed by atoms with van der Waals surface area (Å²) in [5.74, 6) is 0.284. The predicted octanol–water partition coefficient (Wildman–Crippen LogP) is 4.75. The molecule has 0 bridgehead atoms. The number of nitrogens with zero attached hydrogens (tertiary/aromatic N) is 1. The van der Waals surface area contributed by atoms with Gasteiger partial charge in [0.2, 0.25) is 0 Å². The minimum Gasteiger partial charge on any atom is -0.507 e. The van der Waals surface area contributed by atoms with E-state index in [0.717, 1.165) is 20.7 Å². The van der Waals surface area contributed by atoms with Gasteiger partial charge < -0.3 is 5.11 Å². The van der Waals surface area contributed by atoms with Crippen LogP contribution in [-0.4, -0.2) is 10.1 Å². The van der Waals surface area contributed by atoms with Gasteiger partial charge >= 0.3 is 0 Å². The van der Waals surface area contributed by atoms with Crippen molar-refractivity contribution in [2.45, 2.75) is 9.92 Å². The molecule has 19 heavy (non-hydrogen) atoms. The zero-order chi connectivity index (χ0) is 13.2. The first-order valence-electron chi connectivity index (χ1n) is 5.75. The molecule has 0 aliphatic heterocycles. The van der Waals surface area contributed by atoms with Crippen LogP contribution in [0.5, 0.6) is 5.75 Å². The molecule has 3 rings (SSSR count). The second kappa shape index (κ2) is 5.11. The molecule has 94 valence electrons. The maximum atomic E-state index is 9.87. The molecule has 0 atom stereocenters. The van der Waals surface area contributed by atoms with Gasteiger partial charge in [-0.2, -0.15) is 0 Å². The summed E-state index contributed by atoms with van der Waals surface area (Å²) in [5.41, 5.74) is 0. The van der Waals surface area contributed by atoms with Crippen LogP contribution in [0.3, 0.4) is 0 Å². The van der Waals surface area contributed by atoms with Crippen LogP contribution >= 0.6 is 23.4 Å². The third kappa shape index (κ3) is 2.39. The highest BCUT2D eigenvalue weighted by Gasteiger charge is 2.08. The third-order valence-electron chi connectivity index (χ3n) is 2.79. The van der Waals surface area contributed by atoms with Crippen LogP contribution in [0.1, 0.15) is 0 Å². The van der Waals surface area contributed by atoms with Crippen molar-refractivity contribution in [3.8, 4) is 5.75 Å². The maximum absolute atomic E-state index is 9.87. The van der Waals surface area contributed by atoms with Gasteiger partial charge in [0.1, 0.15) is 10.8 Å². The van der Waals surface area contributed by atoms with Crippen LogP contribution in [0.15, 0.2) is 64.6 Å². The second-order valence-electron chi connectivity index (χ2n) is 4.02. The summed E-state index contributed by atoms with van der Waals surface area (Å²) in [6.07, 6.45) is 1.72. The maximum Gasteiger partial charge on any atom is 0.123 e. The Bertz CT molecular complexity index is 745. The first kappa shape index (κ1) is 12.3. The van der Waals surface area contributed by atoms with E-state index in [1.54, 1.807) is 18.3 Å². The van der Waals surface area contributed by atoms with Crippen LogP contribution < -0.4 is 0 Å². The van der Waals surface area contributed by atoms with Crippen molar-refractivity contribution >= 4 is 34.1 Å². The molecular weight excluding hydrogens is 278 g/mol. The minimum atomic E-state index is 0.284. The van der Waals surface area contributed by atoms with Gasteiger partial charge in [0.15, 0.2) is 0 Å². The summed E-state index contributed by atoms with van der Waals surface area (Å²) in [6, 6.07) is 14.9. The SMILES string of the molecule is Oc1ccc(Sc2ncccc2Cl)c2ccccc12. The molecule has 4 heteroatoms. The van der Waals surface area contributed by atoms with E-state index in [2.05, 4.69) is 4.98 Å². The number of fused-ring (bicyclic) bond motifs is 1. The molecule has 0 fully saturated rings. The van der Waals surface area contributed by atoms with Crippen molar-refractivity contribution in [3.63, 3.8) is 0 Å². The zero-order valence-electron chi connectivity index (χ0n) is 9.88. The number of hydrogen-bond acceptors (Lipinski definition) is 3. The highest BCUT2D eigenvalue weighted by atomic mass is 35.5. The van der Waals surface area contributed by atoms with Crippen LogP contribution in [-0.2, 0) is 0 Å². The van der Waals surface area contributed by atoms with Crippen molar-refractivity contribution in [3.05, 3.63) is 59.8 Å². The lowest BCUT2D eigenvalue weighted by Gasteiger charge is -2.08. The molecule has 3 aromatic rings. The Morgan fingerprint density at radius 3 is 2.53 bits per heavy atom. The fourth-order valence-electron chi connectivity index (χ4n) is 1.89. The molecule has 0 aliphatic rings. The summed E-state index contributed by atoms with van der Waals surface area (Å²) in [4.78, 5) is 5.29. The highest BCUT2D eigenvalue weighted by Crippen LogP contribution is 2.38. The Morgan fingerprint density at radius 1 is 0.947 bits per heavy atom. The van der Waals surface area contributed by atoms with Crippen molar-refractivity contribution in [1.29, 1.82) is 0 Å². The highest BCUT2D eigenvalue weighted by molar-refractivity contribution is 7.99. The molecule has 0 spiro atoms. The average molecular weight is 288 g/mol. The van der Waals surface area contributed by atoms with E-state index in [9.17, 15) is 5.11 Å². The number of halogens is 1. The second-order valence-corrected chi connectivity index (χ2v) is 5.46. The molecule has 2 aromatic carbocycles. The molecule has 2 nitrogen and oxygen atoms in total. The van der Waals surface area contributed by atoms with E-state index in [1.807, 2.05) is 36.4 Å². The largest absolute Gasteiger partial charge is 0.507 e.